The van der Waals surface area contributed by atoms with Gasteiger partial charge in [0, 0.05) is 32.1 Å². The van der Waals surface area contributed by atoms with Gasteiger partial charge in [-0.3, -0.25) is 4.79 Å². The first-order chi connectivity index (χ1) is 11.9. The summed E-state index contributed by atoms with van der Waals surface area (Å²) in [4.78, 5) is 14.2. The van der Waals surface area contributed by atoms with Gasteiger partial charge in [-0.15, -0.1) is 10.2 Å². The lowest BCUT2D eigenvalue weighted by Gasteiger charge is -2.33. The summed E-state index contributed by atoms with van der Waals surface area (Å²) in [5, 5.41) is 7.64. The second kappa shape index (κ2) is 6.93. The molecule has 0 atom stereocenters. The number of amides is 1. The Morgan fingerprint density at radius 3 is 2.28 bits per heavy atom. The molecule has 1 aromatic heterocycles. The first kappa shape index (κ1) is 17.6. The van der Waals surface area contributed by atoms with Gasteiger partial charge in [0.05, 0.1) is 4.90 Å². The molecule has 0 unspecified atom stereocenters. The van der Waals surface area contributed by atoms with Crippen LogP contribution in [-0.4, -0.2) is 59.9 Å². The molecule has 134 valence electrons. The number of carbonyl (C=O) groups is 1. The average molecular weight is 364 g/mol. The second-order valence-electron chi connectivity index (χ2n) is 6.11. The number of nitrogens with zero attached hydrogens (tertiary/aromatic N) is 4. The maximum atomic E-state index is 12.6. The van der Waals surface area contributed by atoms with Crippen molar-refractivity contribution < 1.29 is 17.6 Å². The lowest BCUT2D eigenvalue weighted by molar-refractivity contribution is 0.0655. The van der Waals surface area contributed by atoms with E-state index in [1.807, 2.05) is 13.8 Å². The highest BCUT2D eigenvalue weighted by Crippen LogP contribution is 2.19. The molecule has 0 spiro atoms. The number of aromatic nitrogens is 2. The van der Waals surface area contributed by atoms with Crippen molar-refractivity contribution in [3.63, 3.8) is 0 Å². The lowest BCUT2D eigenvalue weighted by Crippen LogP contribution is -2.50. The number of sulfonamides is 1. The van der Waals surface area contributed by atoms with Crippen LogP contribution >= 0.6 is 0 Å². The van der Waals surface area contributed by atoms with Crippen molar-refractivity contribution in [1.82, 2.24) is 19.4 Å². The summed E-state index contributed by atoms with van der Waals surface area (Å²) in [5.41, 5.74) is 0. The smallest absolute Gasteiger partial charge is 0.311 e. The molecule has 0 aliphatic carbocycles. The molecule has 0 radical (unpaired) electrons. The summed E-state index contributed by atoms with van der Waals surface area (Å²) in [5.74, 6) is 0.0368. The van der Waals surface area contributed by atoms with E-state index in [1.165, 1.54) is 9.21 Å². The molecule has 1 aliphatic rings. The Bertz CT molecular complexity index is 840. The molecular weight excluding hydrogens is 344 g/mol. The minimum absolute atomic E-state index is 0.0434. The van der Waals surface area contributed by atoms with Gasteiger partial charge in [0.2, 0.25) is 15.9 Å². The Morgan fingerprint density at radius 2 is 1.72 bits per heavy atom. The molecule has 1 aliphatic heterocycles. The predicted molar refractivity (Wildman–Crippen MR) is 89.5 cm³/mol. The molecular formula is C16H20N4O4S. The maximum absolute atomic E-state index is 12.6. The summed E-state index contributed by atoms with van der Waals surface area (Å²) in [6.07, 6.45) is 0. The fourth-order valence-corrected chi connectivity index (χ4v) is 4.01. The van der Waals surface area contributed by atoms with Gasteiger partial charge in [0.25, 0.3) is 0 Å². The zero-order valence-corrected chi connectivity index (χ0v) is 14.9. The maximum Gasteiger partial charge on any atom is 0.311 e. The fraction of sp³-hybridized carbons (Fsp3) is 0.438. The first-order valence-corrected chi connectivity index (χ1v) is 9.51. The van der Waals surface area contributed by atoms with E-state index < -0.39 is 10.0 Å². The topological polar surface area (TPSA) is 96.6 Å². The van der Waals surface area contributed by atoms with Gasteiger partial charge < -0.3 is 9.32 Å². The van der Waals surface area contributed by atoms with Crippen LogP contribution in [0.2, 0.25) is 0 Å². The quantitative estimate of drug-likeness (QED) is 0.812. The van der Waals surface area contributed by atoms with E-state index in [2.05, 4.69) is 10.2 Å². The van der Waals surface area contributed by atoms with Gasteiger partial charge in [0.15, 0.2) is 0 Å². The Hall–Kier alpha value is -2.26. The van der Waals surface area contributed by atoms with Crippen LogP contribution in [0.15, 0.2) is 39.6 Å². The van der Waals surface area contributed by atoms with Gasteiger partial charge in [-0.2, -0.15) is 4.31 Å². The molecule has 9 heteroatoms. The van der Waals surface area contributed by atoms with Gasteiger partial charge in [-0.05, 0) is 12.1 Å². The van der Waals surface area contributed by atoms with Crippen molar-refractivity contribution in [2.45, 2.75) is 24.7 Å². The number of hydrogen-bond acceptors (Lipinski definition) is 6. The van der Waals surface area contributed by atoms with E-state index in [-0.39, 0.29) is 48.8 Å². The van der Waals surface area contributed by atoms with Crippen LogP contribution in [0.5, 0.6) is 0 Å². The third kappa shape index (κ3) is 3.57. The van der Waals surface area contributed by atoms with Crippen molar-refractivity contribution >= 4 is 15.9 Å². The van der Waals surface area contributed by atoms with Crippen molar-refractivity contribution in [2.75, 3.05) is 26.2 Å². The Balaban J connectivity index is 1.66. The highest BCUT2D eigenvalue weighted by molar-refractivity contribution is 7.89. The fourth-order valence-electron chi connectivity index (χ4n) is 2.56. The van der Waals surface area contributed by atoms with Crippen LogP contribution in [0.4, 0.5) is 0 Å². The number of carbonyl (C=O) groups excluding carboxylic acids is 1. The van der Waals surface area contributed by atoms with E-state index in [0.29, 0.717) is 5.89 Å². The van der Waals surface area contributed by atoms with E-state index >= 15 is 0 Å². The molecule has 1 amide bonds. The number of rotatable bonds is 4. The van der Waals surface area contributed by atoms with Gasteiger partial charge >= 0.3 is 11.8 Å². The van der Waals surface area contributed by atoms with Crippen molar-refractivity contribution in [3.05, 3.63) is 42.1 Å². The molecule has 1 fully saturated rings. The third-order valence-electron chi connectivity index (χ3n) is 4.02. The Kier molecular flexibility index (Phi) is 4.87. The summed E-state index contributed by atoms with van der Waals surface area (Å²) in [6, 6.07) is 8.28. The van der Waals surface area contributed by atoms with E-state index in [9.17, 15) is 13.2 Å². The predicted octanol–water partition coefficient (Wildman–Crippen LogP) is 1.34. The normalized spacial score (nSPS) is 16.4. The summed E-state index contributed by atoms with van der Waals surface area (Å²) >= 11 is 0. The van der Waals surface area contributed by atoms with E-state index in [0.717, 1.165) is 0 Å². The van der Waals surface area contributed by atoms with Crippen LogP contribution in [0.3, 0.4) is 0 Å². The molecule has 8 nitrogen and oxygen atoms in total. The molecule has 25 heavy (non-hydrogen) atoms. The van der Waals surface area contributed by atoms with Crippen LogP contribution in [0.25, 0.3) is 0 Å². The molecule has 1 saturated heterocycles. The van der Waals surface area contributed by atoms with Crippen molar-refractivity contribution in [1.29, 1.82) is 0 Å². The molecule has 2 heterocycles. The zero-order chi connectivity index (χ0) is 18.0. The zero-order valence-electron chi connectivity index (χ0n) is 14.1. The van der Waals surface area contributed by atoms with Gasteiger partial charge in [0.1, 0.15) is 0 Å². The van der Waals surface area contributed by atoms with Gasteiger partial charge in [-0.1, -0.05) is 32.0 Å². The summed E-state index contributed by atoms with van der Waals surface area (Å²) in [7, 11) is -3.54. The highest BCUT2D eigenvalue weighted by Gasteiger charge is 2.32. The molecule has 0 N–H and O–H groups in total. The largest absolute Gasteiger partial charge is 0.417 e. The van der Waals surface area contributed by atoms with Crippen molar-refractivity contribution in [3.8, 4) is 0 Å². The second-order valence-corrected chi connectivity index (χ2v) is 8.05. The van der Waals surface area contributed by atoms with E-state index in [1.54, 1.807) is 30.3 Å². The number of hydrogen-bond donors (Lipinski definition) is 0. The standard InChI is InChI=1S/C16H20N4O4S/c1-12(2)14-17-18-15(24-14)16(21)19-8-10-20(11-9-19)25(22,23)13-6-4-3-5-7-13/h3-7,12H,8-11H2,1-2H3. The van der Waals surface area contributed by atoms with E-state index in [4.69, 9.17) is 4.42 Å². The molecule has 0 bridgehead atoms. The minimum Gasteiger partial charge on any atom is -0.417 e. The Morgan fingerprint density at radius 1 is 1.08 bits per heavy atom. The van der Waals surface area contributed by atoms with Crippen LogP contribution in [-0.2, 0) is 10.0 Å². The SMILES string of the molecule is CC(C)c1nnc(C(=O)N2CCN(S(=O)(=O)c3ccccc3)CC2)o1. The summed E-state index contributed by atoms with van der Waals surface area (Å²) < 4.78 is 32.0. The number of benzene rings is 1. The number of piperazine rings is 1. The monoisotopic (exact) mass is 364 g/mol. The lowest BCUT2D eigenvalue weighted by atomic mass is 10.2. The molecule has 1 aromatic carbocycles. The van der Waals surface area contributed by atoms with Crippen LogP contribution in [0, 0.1) is 0 Å². The minimum atomic E-state index is -3.54. The van der Waals surface area contributed by atoms with Crippen LogP contribution < -0.4 is 0 Å². The molecule has 3 rings (SSSR count). The first-order valence-electron chi connectivity index (χ1n) is 8.07. The van der Waals surface area contributed by atoms with Gasteiger partial charge in [-0.25, -0.2) is 8.42 Å². The van der Waals surface area contributed by atoms with Crippen LogP contribution in [0.1, 0.15) is 36.3 Å². The average Bonchev–Trinajstić information content (AvgIpc) is 3.12. The third-order valence-corrected chi connectivity index (χ3v) is 5.94. The summed E-state index contributed by atoms with van der Waals surface area (Å²) in [6.45, 7) is 4.82. The molecule has 0 saturated carbocycles. The Labute approximate surface area is 146 Å². The van der Waals surface area contributed by atoms with Crippen molar-refractivity contribution in [2.24, 2.45) is 0 Å². The molecule has 2 aromatic rings. The highest BCUT2D eigenvalue weighted by atomic mass is 32.2.